The molecule has 0 radical (unpaired) electrons. The summed E-state index contributed by atoms with van der Waals surface area (Å²) in [5.41, 5.74) is -0.0488. The molecule has 0 aliphatic rings. The predicted molar refractivity (Wildman–Crippen MR) is 76.9 cm³/mol. The Bertz CT molecular complexity index is 556. The highest BCUT2D eigenvalue weighted by Crippen LogP contribution is 2.22. The van der Waals surface area contributed by atoms with Gasteiger partial charge >= 0.3 is 0 Å². The number of nitrogens with one attached hydrogen (secondary N) is 2. The first-order valence-electron chi connectivity index (χ1n) is 5.91. The fourth-order valence-corrected chi connectivity index (χ4v) is 3.09. The molecule has 108 valence electrons. The first-order valence-corrected chi connectivity index (χ1v) is 8.27. The SMILES string of the molecule is CNS(=O)(=O)c1csc(C(=O)NC(C)C(C)(C)C)c1. The molecule has 1 aromatic rings. The Morgan fingerprint density at radius 3 is 2.42 bits per heavy atom. The van der Waals surface area contributed by atoms with Gasteiger partial charge in [-0.2, -0.15) is 0 Å². The zero-order valence-electron chi connectivity index (χ0n) is 11.8. The van der Waals surface area contributed by atoms with E-state index >= 15 is 0 Å². The van der Waals surface area contributed by atoms with E-state index in [4.69, 9.17) is 0 Å². The van der Waals surface area contributed by atoms with Crippen molar-refractivity contribution in [2.75, 3.05) is 7.05 Å². The molecular formula is C12H20N2O3S2. The van der Waals surface area contributed by atoms with E-state index < -0.39 is 10.0 Å². The minimum atomic E-state index is -3.49. The van der Waals surface area contributed by atoms with Gasteiger partial charge in [-0.3, -0.25) is 4.79 Å². The molecule has 1 heterocycles. The van der Waals surface area contributed by atoms with Gasteiger partial charge in [0.25, 0.3) is 5.91 Å². The summed E-state index contributed by atoms with van der Waals surface area (Å²) in [4.78, 5) is 12.5. The van der Waals surface area contributed by atoms with Crippen LogP contribution in [-0.2, 0) is 10.0 Å². The number of rotatable bonds is 4. The Balaban J connectivity index is 2.86. The minimum absolute atomic E-state index is 0.00791. The number of thiophene rings is 1. The van der Waals surface area contributed by atoms with Crippen molar-refractivity contribution in [2.24, 2.45) is 5.41 Å². The zero-order valence-corrected chi connectivity index (χ0v) is 13.4. The molecule has 5 nitrogen and oxygen atoms in total. The van der Waals surface area contributed by atoms with E-state index in [0.717, 1.165) is 11.3 Å². The van der Waals surface area contributed by atoms with Gasteiger partial charge in [0.2, 0.25) is 10.0 Å². The van der Waals surface area contributed by atoms with Crippen LogP contribution in [0.25, 0.3) is 0 Å². The fraction of sp³-hybridized carbons (Fsp3) is 0.583. The Morgan fingerprint density at radius 2 is 1.95 bits per heavy atom. The lowest BCUT2D eigenvalue weighted by atomic mass is 9.88. The summed E-state index contributed by atoms with van der Waals surface area (Å²) < 4.78 is 25.4. The van der Waals surface area contributed by atoms with E-state index in [0.29, 0.717) is 4.88 Å². The highest BCUT2D eigenvalue weighted by Gasteiger charge is 2.23. The molecule has 0 saturated carbocycles. The third-order valence-electron chi connectivity index (χ3n) is 3.02. The minimum Gasteiger partial charge on any atom is -0.348 e. The first-order chi connectivity index (χ1) is 8.58. The molecular weight excluding hydrogens is 284 g/mol. The van der Waals surface area contributed by atoms with Gasteiger partial charge in [0, 0.05) is 11.4 Å². The lowest BCUT2D eigenvalue weighted by molar-refractivity contribution is 0.0914. The van der Waals surface area contributed by atoms with Gasteiger partial charge in [-0.05, 0) is 25.5 Å². The number of hydrogen-bond donors (Lipinski definition) is 2. The van der Waals surface area contributed by atoms with Crippen molar-refractivity contribution in [2.45, 2.75) is 38.6 Å². The van der Waals surface area contributed by atoms with Crippen molar-refractivity contribution in [1.29, 1.82) is 0 Å². The van der Waals surface area contributed by atoms with E-state index in [1.807, 2.05) is 27.7 Å². The third kappa shape index (κ3) is 4.02. The highest BCUT2D eigenvalue weighted by molar-refractivity contribution is 7.89. The lowest BCUT2D eigenvalue weighted by Gasteiger charge is -2.27. The van der Waals surface area contributed by atoms with Gasteiger partial charge in [-0.25, -0.2) is 13.1 Å². The van der Waals surface area contributed by atoms with Gasteiger partial charge in [0.05, 0.1) is 9.77 Å². The third-order valence-corrected chi connectivity index (χ3v) is 5.50. The van der Waals surface area contributed by atoms with Crippen LogP contribution in [0.2, 0.25) is 0 Å². The van der Waals surface area contributed by atoms with E-state index in [1.165, 1.54) is 18.5 Å². The summed E-state index contributed by atoms with van der Waals surface area (Å²) >= 11 is 1.12. The average molecular weight is 304 g/mol. The smallest absolute Gasteiger partial charge is 0.261 e. The Hall–Kier alpha value is -0.920. The molecule has 1 rings (SSSR count). The molecule has 0 fully saturated rings. The Kier molecular flexibility index (Phi) is 4.76. The van der Waals surface area contributed by atoms with E-state index in [9.17, 15) is 13.2 Å². The monoisotopic (exact) mass is 304 g/mol. The molecule has 19 heavy (non-hydrogen) atoms. The summed E-state index contributed by atoms with van der Waals surface area (Å²) in [5, 5.41) is 4.34. The summed E-state index contributed by atoms with van der Waals surface area (Å²) in [7, 11) is -2.15. The molecule has 2 N–H and O–H groups in total. The van der Waals surface area contributed by atoms with Crippen molar-refractivity contribution in [3.05, 3.63) is 16.3 Å². The van der Waals surface area contributed by atoms with Crippen LogP contribution in [0.5, 0.6) is 0 Å². The van der Waals surface area contributed by atoms with E-state index in [1.54, 1.807) is 0 Å². The lowest BCUT2D eigenvalue weighted by Crippen LogP contribution is -2.41. The average Bonchev–Trinajstić information content (AvgIpc) is 2.77. The molecule has 1 atom stereocenters. The van der Waals surface area contributed by atoms with Crippen molar-refractivity contribution >= 4 is 27.3 Å². The number of amides is 1. The largest absolute Gasteiger partial charge is 0.348 e. The number of carbonyl (C=O) groups excluding carboxylic acids is 1. The van der Waals surface area contributed by atoms with Gasteiger partial charge < -0.3 is 5.32 Å². The second-order valence-electron chi connectivity index (χ2n) is 5.42. The van der Waals surface area contributed by atoms with Crippen LogP contribution < -0.4 is 10.0 Å². The molecule has 0 saturated heterocycles. The van der Waals surface area contributed by atoms with Crippen LogP contribution in [0, 0.1) is 5.41 Å². The van der Waals surface area contributed by atoms with Gasteiger partial charge in [-0.15, -0.1) is 11.3 Å². The number of carbonyl (C=O) groups is 1. The summed E-state index contributed by atoms with van der Waals surface area (Å²) in [5.74, 6) is -0.245. The Labute approximate surface area is 118 Å². The Morgan fingerprint density at radius 1 is 1.37 bits per heavy atom. The fourth-order valence-electron chi connectivity index (χ4n) is 1.18. The van der Waals surface area contributed by atoms with Crippen molar-refractivity contribution in [1.82, 2.24) is 10.0 Å². The molecule has 0 aliphatic heterocycles. The maximum Gasteiger partial charge on any atom is 0.261 e. The molecule has 0 spiro atoms. The number of hydrogen-bond acceptors (Lipinski definition) is 4. The van der Waals surface area contributed by atoms with Gasteiger partial charge in [0.15, 0.2) is 0 Å². The topological polar surface area (TPSA) is 75.3 Å². The van der Waals surface area contributed by atoms with Crippen LogP contribution in [0.3, 0.4) is 0 Å². The predicted octanol–water partition coefficient (Wildman–Crippen LogP) is 1.82. The molecule has 1 aromatic heterocycles. The standard InChI is InChI=1S/C12H20N2O3S2/c1-8(12(2,3)4)14-11(15)10-6-9(7-18-10)19(16,17)13-5/h6-8,13H,1-5H3,(H,14,15). The number of sulfonamides is 1. The van der Waals surface area contributed by atoms with Crippen molar-refractivity contribution in [3.63, 3.8) is 0 Å². The second kappa shape index (κ2) is 5.60. The summed E-state index contributed by atoms with van der Waals surface area (Å²) in [6.07, 6.45) is 0. The van der Waals surface area contributed by atoms with Crippen LogP contribution in [0.15, 0.2) is 16.3 Å². The van der Waals surface area contributed by atoms with Gasteiger partial charge in [0.1, 0.15) is 0 Å². The normalized spacial score (nSPS) is 14.2. The first kappa shape index (κ1) is 16.1. The van der Waals surface area contributed by atoms with Crippen LogP contribution in [0.1, 0.15) is 37.4 Å². The summed E-state index contributed by atoms with van der Waals surface area (Å²) in [6.45, 7) is 8.02. The maximum atomic E-state index is 12.0. The molecule has 0 aromatic carbocycles. The second-order valence-corrected chi connectivity index (χ2v) is 8.21. The molecule has 0 aliphatic carbocycles. The highest BCUT2D eigenvalue weighted by atomic mass is 32.2. The van der Waals surface area contributed by atoms with Crippen LogP contribution in [-0.4, -0.2) is 27.4 Å². The van der Waals surface area contributed by atoms with Crippen LogP contribution >= 0.6 is 11.3 Å². The van der Waals surface area contributed by atoms with E-state index in [-0.39, 0.29) is 22.3 Å². The zero-order chi connectivity index (χ0) is 14.8. The quantitative estimate of drug-likeness (QED) is 0.891. The van der Waals surface area contributed by atoms with E-state index in [2.05, 4.69) is 10.0 Å². The van der Waals surface area contributed by atoms with Crippen molar-refractivity contribution in [3.8, 4) is 0 Å². The van der Waals surface area contributed by atoms with Gasteiger partial charge in [-0.1, -0.05) is 20.8 Å². The summed E-state index contributed by atoms with van der Waals surface area (Å²) in [6, 6.07) is 1.38. The van der Waals surface area contributed by atoms with Crippen LogP contribution in [0.4, 0.5) is 0 Å². The van der Waals surface area contributed by atoms with Crippen molar-refractivity contribution < 1.29 is 13.2 Å². The molecule has 1 amide bonds. The molecule has 7 heteroatoms. The molecule has 1 unspecified atom stereocenters. The molecule has 0 bridgehead atoms. The maximum absolute atomic E-state index is 12.0.